The maximum Gasteiger partial charge on any atom is 0.225 e. The van der Waals surface area contributed by atoms with Crippen LogP contribution in [0.4, 0.5) is 0 Å². The summed E-state index contributed by atoms with van der Waals surface area (Å²) >= 11 is 3.65. The molecule has 1 saturated heterocycles. The van der Waals surface area contributed by atoms with Crippen molar-refractivity contribution in [3.8, 4) is 0 Å². The third-order valence-electron chi connectivity index (χ3n) is 3.91. The fraction of sp³-hybridized carbons (Fsp3) is 0.923. The van der Waals surface area contributed by atoms with Gasteiger partial charge in [-0.2, -0.15) is 0 Å². The van der Waals surface area contributed by atoms with E-state index in [1.54, 1.807) is 0 Å². The number of halogens is 1. The summed E-state index contributed by atoms with van der Waals surface area (Å²) in [6.45, 7) is 3.48. The predicted molar refractivity (Wildman–Crippen MR) is 71.2 cm³/mol. The van der Waals surface area contributed by atoms with Gasteiger partial charge in [-0.3, -0.25) is 4.79 Å². The Kier molecular flexibility index (Phi) is 4.86. The van der Waals surface area contributed by atoms with Crippen molar-refractivity contribution in [2.45, 2.75) is 50.0 Å². The highest BCUT2D eigenvalue weighted by Gasteiger charge is 2.28. The summed E-state index contributed by atoms with van der Waals surface area (Å²) < 4.78 is 5.43. The van der Waals surface area contributed by atoms with E-state index in [9.17, 15) is 4.79 Å². The topological polar surface area (TPSA) is 38.3 Å². The third-order valence-corrected chi connectivity index (χ3v) is 4.83. The van der Waals surface area contributed by atoms with Crippen LogP contribution in [0.25, 0.3) is 0 Å². The first-order valence-electron chi connectivity index (χ1n) is 6.68. The standard InChI is InChI=1S/C13H22BrNO2/c1-9-6-11(8-17-9)13(16)15-7-10-2-4-12(14)5-3-10/h9-12H,2-8H2,1H3,(H,15,16). The number of carbonyl (C=O) groups excluding carboxylic acids is 1. The molecule has 2 rings (SSSR count). The molecule has 1 saturated carbocycles. The second-order valence-corrected chi connectivity index (χ2v) is 6.73. The molecule has 1 heterocycles. The summed E-state index contributed by atoms with van der Waals surface area (Å²) in [5.74, 6) is 0.945. The van der Waals surface area contributed by atoms with E-state index in [2.05, 4.69) is 21.2 Å². The smallest absolute Gasteiger partial charge is 0.225 e. The molecular weight excluding hydrogens is 282 g/mol. The number of ether oxygens (including phenoxy) is 1. The summed E-state index contributed by atoms with van der Waals surface area (Å²) in [5.41, 5.74) is 0. The molecule has 17 heavy (non-hydrogen) atoms. The Morgan fingerprint density at radius 3 is 2.65 bits per heavy atom. The lowest BCUT2D eigenvalue weighted by Crippen LogP contribution is -2.35. The minimum Gasteiger partial charge on any atom is -0.378 e. The second kappa shape index (κ2) is 6.19. The molecule has 2 atom stereocenters. The second-order valence-electron chi connectivity index (χ2n) is 5.44. The van der Waals surface area contributed by atoms with Crippen LogP contribution in [0.5, 0.6) is 0 Å². The summed E-state index contributed by atoms with van der Waals surface area (Å²) in [4.78, 5) is 12.6. The Bertz CT molecular complexity index is 264. The van der Waals surface area contributed by atoms with E-state index in [0.717, 1.165) is 13.0 Å². The molecule has 0 aromatic heterocycles. The molecule has 2 fully saturated rings. The molecule has 0 bridgehead atoms. The van der Waals surface area contributed by atoms with Gasteiger partial charge in [-0.05, 0) is 44.9 Å². The van der Waals surface area contributed by atoms with Gasteiger partial charge in [0.2, 0.25) is 5.91 Å². The van der Waals surface area contributed by atoms with E-state index in [4.69, 9.17) is 4.74 Å². The SMILES string of the molecule is CC1CC(C(=O)NCC2CCC(Br)CC2)CO1. The van der Waals surface area contributed by atoms with Gasteiger partial charge < -0.3 is 10.1 Å². The van der Waals surface area contributed by atoms with E-state index in [1.165, 1.54) is 25.7 Å². The van der Waals surface area contributed by atoms with E-state index in [0.29, 0.717) is 17.4 Å². The fourth-order valence-electron chi connectivity index (χ4n) is 2.72. The van der Waals surface area contributed by atoms with Crippen LogP contribution in [0.1, 0.15) is 39.0 Å². The Balaban J connectivity index is 1.66. The first kappa shape index (κ1) is 13.3. The molecule has 1 amide bonds. The summed E-state index contributed by atoms with van der Waals surface area (Å²) in [6.07, 6.45) is 6.06. The van der Waals surface area contributed by atoms with Crippen molar-refractivity contribution in [3.05, 3.63) is 0 Å². The van der Waals surface area contributed by atoms with Gasteiger partial charge in [-0.1, -0.05) is 15.9 Å². The van der Waals surface area contributed by atoms with Crippen molar-refractivity contribution in [1.29, 1.82) is 0 Å². The van der Waals surface area contributed by atoms with Gasteiger partial charge in [0, 0.05) is 11.4 Å². The molecule has 0 radical (unpaired) electrons. The Hall–Kier alpha value is -0.0900. The molecule has 0 aromatic rings. The lowest BCUT2D eigenvalue weighted by Gasteiger charge is -2.25. The highest BCUT2D eigenvalue weighted by Crippen LogP contribution is 2.28. The molecule has 0 spiro atoms. The maximum absolute atomic E-state index is 11.9. The molecule has 1 N–H and O–H groups in total. The van der Waals surface area contributed by atoms with Gasteiger partial charge in [-0.25, -0.2) is 0 Å². The van der Waals surface area contributed by atoms with E-state index >= 15 is 0 Å². The summed E-state index contributed by atoms with van der Waals surface area (Å²) in [7, 11) is 0. The molecular formula is C13H22BrNO2. The van der Waals surface area contributed by atoms with Crippen molar-refractivity contribution in [3.63, 3.8) is 0 Å². The molecule has 98 valence electrons. The first-order chi connectivity index (χ1) is 8.15. The third kappa shape index (κ3) is 3.95. The Morgan fingerprint density at radius 2 is 2.06 bits per heavy atom. The van der Waals surface area contributed by atoms with Crippen LogP contribution in [0.15, 0.2) is 0 Å². The average molecular weight is 304 g/mol. The zero-order chi connectivity index (χ0) is 12.3. The number of hydrogen-bond acceptors (Lipinski definition) is 2. The van der Waals surface area contributed by atoms with Crippen molar-refractivity contribution < 1.29 is 9.53 Å². The molecule has 4 heteroatoms. The van der Waals surface area contributed by atoms with Crippen LogP contribution in [-0.2, 0) is 9.53 Å². The number of carbonyl (C=O) groups is 1. The minimum absolute atomic E-state index is 0.0810. The molecule has 1 aliphatic heterocycles. The number of amides is 1. The lowest BCUT2D eigenvalue weighted by atomic mass is 9.89. The minimum atomic E-state index is 0.0810. The van der Waals surface area contributed by atoms with Crippen molar-refractivity contribution in [2.24, 2.45) is 11.8 Å². The monoisotopic (exact) mass is 303 g/mol. The number of nitrogens with one attached hydrogen (secondary N) is 1. The van der Waals surface area contributed by atoms with Crippen molar-refractivity contribution >= 4 is 21.8 Å². The zero-order valence-corrected chi connectivity index (χ0v) is 12.0. The predicted octanol–water partition coefficient (Wildman–Crippen LogP) is 2.48. The normalized spacial score (nSPS) is 38.0. The van der Waals surface area contributed by atoms with Gasteiger partial charge in [0.05, 0.1) is 18.6 Å². The molecule has 1 aliphatic carbocycles. The first-order valence-corrected chi connectivity index (χ1v) is 7.60. The van der Waals surface area contributed by atoms with Gasteiger partial charge in [-0.15, -0.1) is 0 Å². The van der Waals surface area contributed by atoms with Gasteiger partial charge in [0.15, 0.2) is 0 Å². The van der Waals surface area contributed by atoms with Crippen LogP contribution < -0.4 is 5.32 Å². The van der Waals surface area contributed by atoms with Crippen LogP contribution in [0, 0.1) is 11.8 Å². The van der Waals surface area contributed by atoms with Gasteiger partial charge in [0.1, 0.15) is 0 Å². The summed E-state index contributed by atoms with van der Waals surface area (Å²) in [6, 6.07) is 0. The molecule has 2 unspecified atom stereocenters. The fourth-order valence-corrected chi connectivity index (χ4v) is 3.24. The Morgan fingerprint density at radius 1 is 1.35 bits per heavy atom. The molecule has 2 aliphatic rings. The largest absolute Gasteiger partial charge is 0.378 e. The number of alkyl halides is 1. The lowest BCUT2D eigenvalue weighted by molar-refractivity contribution is -0.125. The number of rotatable bonds is 3. The maximum atomic E-state index is 11.9. The van der Waals surface area contributed by atoms with Crippen molar-refractivity contribution in [1.82, 2.24) is 5.32 Å². The van der Waals surface area contributed by atoms with Crippen LogP contribution in [0.3, 0.4) is 0 Å². The average Bonchev–Trinajstić information content (AvgIpc) is 2.75. The van der Waals surface area contributed by atoms with Crippen LogP contribution in [-0.4, -0.2) is 30.0 Å². The van der Waals surface area contributed by atoms with Gasteiger partial charge >= 0.3 is 0 Å². The van der Waals surface area contributed by atoms with Crippen LogP contribution >= 0.6 is 15.9 Å². The van der Waals surface area contributed by atoms with E-state index < -0.39 is 0 Å². The highest BCUT2D eigenvalue weighted by atomic mass is 79.9. The number of hydrogen-bond donors (Lipinski definition) is 1. The van der Waals surface area contributed by atoms with Gasteiger partial charge in [0.25, 0.3) is 0 Å². The highest BCUT2D eigenvalue weighted by molar-refractivity contribution is 9.09. The Labute approximate surface area is 112 Å². The van der Waals surface area contributed by atoms with Crippen LogP contribution in [0.2, 0.25) is 0 Å². The molecule has 0 aromatic carbocycles. The van der Waals surface area contributed by atoms with E-state index in [-0.39, 0.29) is 17.9 Å². The van der Waals surface area contributed by atoms with E-state index in [1.807, 2.05) is 6.92 Å². The zero-order valence-electron chi connectivity index (χ0n) is 10.5. The quantitative estimate of drug-likeness (QED) is 0.814. The summed E-state index contributed by atoms with van der Waals surface area (Å²) in [5, 5.41) is 3.10. The molecule has 3 nitrogen and oxygen atoms in total. The van der Waals surface area contributed by atoms with Crippen molar-refractivity contribution in [2.75, 3.05) is 13.2 Å².